The van der Waals surface area contributed by atoms with Crippen molar-refractivity contribution in [1.82, 2.24) is 9.80 Å². The molecule has 0 radical (unpaired) electrons. The van der Waals surface area contributed by atoms with Crippen molar-refractivity contribution < 1.29 is 18.7 Å². The lowest BCUT2D eigenvalue weighted by Crippen LogP contribution is -2.38. The summed E-state index contributed by atoms with van der Waals surface area (Å²) in [5.74, 6) is 1.53. The Balaban J connectivity index is 1.45. The van der Waals surface area contributed by atoms with E-state index >= 15 is 0 Å². The molecule has 2 amide bonds. The molecule has 2 aliphatic heterocycles. The van der Waals surface area contributed by atoms with E-state index in [1.54, 1.807) is 25.0 Å². The molecule has 1 atom stereocenters. The van der Waals surface area contributed by atoms with Crippen molar-refractivity contribution in [1.29, 1.82) is 0 Å². The van der Waals surface area contributed by atoms with Crippen LogP contribution in [0.3, 0.4) is 0 Å². The summed E-state index contributed by atoms with van der Waals surface area (Å²) in [5.41, 5.74) is 1.21. The average molecular weight is 368 g/mol. The van der Waals surface area contributed by atoms with Gasteiger partial charge in [0.15, 0.2) is 0 Å². The molecule has 6 nitrogen and oxygen atoms in total. The smallest absolute Gasteiger partial charge is 0.257 e. The minimum Gasteiger partial charge on any atom is -0.497 e. The van der Waals surface area contributed by atoms with Crippen LogP contribution in [0.2, 0.25) is 0 Å². The molecule has 3 heterocycles. The number of ether oxygens (including phenoxy) is 1. The Labute approximate surface area is 158 Å². The summed E-state index contributed by atoms with van der Waals surface area (Å²) in [4.78, 5) is 29.6. The van der Waals surface area contributed by atoms with Crippen LogP contribution >= 0.6 is 0 Å². The van der Waals surface area contributed by atoms with E-state index in [0.29, 0.717) is 31.0 Å². The second-order valence-corrected chi connectivity index (χ2v) is 7.48. The number of furan rings is 1. The largest absolute Gasteiger partial charge is 0.497 e. The van der Waals surface area contributed by atoms with Gasteiger partial charge in [0.1, 0.15) is 11.5 Å². The van der Waals surface area contributed by atoms with E-state index in [1.165, 1.54) is 6.26 Å². The zero-order valence-electron chi connectivity index (χ0n) is 15.7. The highest BCUT2D eigenvalue weighted by Crippen LogP contribution is 2.41. The van der Waals surface area contributed by atoms with Gasteiger partial charge in [-0.3, -0.25) is 9.59 Å². The van der Waals surface area contributed by atoms with Crippen LogP contribution < -0.4 is 4.74 Å². The first kappa shape index (κ1) is 17.6. The molecule has 2 aliphatic rings. The van der Waals surface area contributed by atoms with Crippen LogP contribution in [0.4, 0.5) is 0 Å². The van der Waals surface area contributed by atoms with Gasteiger partial charge in [0, 0.05) is 26.2 Å². The lowest BCUT2D eigenvalue weighted by atomic mass is 9.85. The first-order chi connectivity index (χ1) is 13.0. The number of hydrogen-bond acceptors (Lipinski definition) is 4. The van der Waals surface area contributed by atoms with Gasteiger partial charge in [0.25, 0.3) is 5.91 Å². The summed E-state index contributed by atoms with van der Waals surface area (Å²) in [7, 11) is 1.64. The highest BCUT2D eigenvalue weighted by molar-refractivity contribution is 5.96. The van der Waals surface area contributed by atoms with E-state index in [-0.39, 0.29) is 11.8 Å². The predicted octanol–water partition coefficient (Wildman–Crippen LogP) is 2.86. The topological polar surface area (TPSA) is 63.0 Å². The molecule has 0 unspecified atom stereocenters. The van der Waals surface area contributed by atoms with E-state index in [0.717, 1.165) is 30.7 Å². The fourth-order valence-corrected chi connectivity index (χ4v) is 4.24. The molecule has 0 bridgehead atoms. The molecule has 2 saturated heterocycles. The maximum Gasteiger partial charge on any atom is 0.257 e. The number of nitrogens with zero attached hydrogens (tertiary/aromatic N) is 2. The highest BCUT2D eigenvalue weighted by Gasteiger charge is 2.51. The summed E-state index contributed by atoms with van der Waals surface area (Å²) in [5, 5.41) is 0. The second-order valence-electron chi connectivity index (χ2n) is 7.48. The van der Waals surface area contributed by atoms with E-state index in [2.05, 4.69) is 0 Å². The molecule has 4 rings (SSSR count). The fraction of sp³-hybridized carbons (Fsp3) is 0.429. The highest BCUT2D eigenvalue weighted by atomic mass is 16.5. The summed E-state index contributed by atoms with van der Waals surface area (Å²) in [6.07, 6.45) is 3.05. The van der Waals surface area contributed by atoms with Crippen LogP contribution in [-0.2, 0) is 11.3 Å². The number of benzene rings is 1. The molecule has 0 N–H and O–H groups in total. The third-order valence-electron chi connectivity index (χ3n) is 5.84. The van der Waals surface area contributed by atoms with Gasteiger partial charge in [-0.05, 0) is 43.5 Å². The standard InChI is InChI=1S/C21H24N2O4/c1-15-18(6-11-27-15)19(24)23-10-8-21(14-23)7-9-22(20(21)25)13-16-4-3-5-17(12-16)26-2/h3-6,11-12H,7-10,13-14H2,1-2H3/t21-/m1/s1. The maximum absolute atomic E-state index is 13.1. The third kappa shape index (κ3) is 3.09. The van der Waals surface area contributed by atoms with Gasteiger partial charge in [-0.15, -0.1) is 0 Å². The van der Waals surface area contributed by atoms with Crippen molar-refractivity contribution in [2.75, 3.05) is 26.7 Å². The lowest BCUT2D eigenvalue weighted by Gasteiger charge is -2.24. The van der Waals surface area contributed by atoms with Crippen molar-refractivity contribution in [2.24, 2.45) is 5.41 Å². The van der Waals surface area contributed by atoms with Crippen molar-refractivity contribution in [3.8, 4) is 5.75 Å². The Kier molecular flexibility index (Phi) is 4.42. The van der Waals surface area contributed by atoms with Gasteiger partial charge < -0.3 is 19.0 Å². The number of carbonyl (C=O) groups is 2. The van der Waals surface area contributed by atoms with E-state index in [4.69, 9.17) is 9.15 Å². The van der Waals surface area contributed by atoms with Gasteiger partial charge in [0.05, 0.1) is 24.4 Å². The monoisotopic (exact) mass is 368 g/mol. The van der Waals surface area contributed by atoms with Gasteiger partial charge in [0.2, 0.25) is 5.91 Å². The van der Waals surface area contributed by atoms with Crippen molar-refractivity contribution >= 4 is 11.8 Å². The molecular weight excluding hydrogens is 344 g/mol. The molecule has 27 heavy (non-hydrogen) atoms. The molecule has 2 aromatic rings. The Morgan fingerprint density at radius 2 is 2.07 bits per heavy atom. The van der Waals surface area contributed by atoms with Crippen LogP contribution in [0.25, 0.3) is 0 Å². The number of likely N-dealkylation sites (tertiary alicyclic amines) is 2. The molecule has 1 aromatic heterocycles. The predicted molar refractivity (Wildman–Crippen MR) is 99.4 cm³/mol. The zero-order valence-corrected chi connectivity index (χ0v) is 15.7. The van der Waals surface area contributed by atoms with Crippen molar-refractivity contribution in [3.05, 3.63) is 53.5 Å². The molecule has 1 spiro atoms. The lowest BCUT2D eigenvalue weighted by molar-refractivity contribution is -0.135. The van der Waals surface area contributed by atoms with Crippen molar-refractivity contribution in [3.63, 3.8) is 0 Å². The van der Waals surface area contributed by atoms with E-state index in [1.807, 2.05) is 29.2 Å². The van der Waals surface area contributed by atoms with Crippen molar-refractivity contribution in [2.45, 2.75) is 26.3 Å². The quantitative estimate of drug-likeness (QED) is 0.833. The summed E-state index contributed by atoms with van der Waals surface area (Å²) in [6, 6.07) is 9.51. The second kappa shape index (κ2) is 6.76. The van der Waals surface area contributed by atoms with Crippen LogP contribution in [0.5, 0.6) is 5.75 Å². The Hall–Kier alpha value is -2.76. The Bertz CT molecular complexity index is 875. The zero-order chi connectivity index (χ0) is 19.0. The Morgan fingerprint density at radius 1 is 1.26 bits per heavy atom. The van der Waals surface area contributed by atoms with Crippen LogP contribution in [0.15, 0.2) is 41.0 Å². The molecular formula is C21H24N2O4. The fourth-order valence-electron chi connectivity index (χ4n) is 4.24. The summed E-state index contributed by atoms with van der Waals surface area (Å²) >= 11 is 0. The van der Waals surface area contributed by atoms with Gasteiger partial charge in [-0.2, -0.15) is 0 Å². The molecule has 0 aliphatic carbocycles. The molecule has 1 aromatic carbocycles. The summed E-state index contributed by atoms with van der Waals surface area (Å²) in [6.45, 7) is 4.19. The summed E-state index contributed by atoms with van der Waals surface area (Å²) < 4.78 is 10.5. The molecule has 142 valence electrons. The molecule has 2 fully saturated rings. The Morgan fingerprint density at radius 3 is 2.81 bits per heavy atom. The minimum atomic E-state index is -0.438. The number of methoxy groups -OCH3 is 1. The molecule has 6 heteroatoms. The number of carbonyl (C=O) groups excluding carboxylic acids is 2. The number of rotatable bonds is 4. The molecule has 0 saturated carbocycles. The number of amides is 2. The normalized spacial score (nSPS) is 22.1. The van der Waals surface area contributed by atoms with E-state index < -0.39 is 5.41 Å². The number of aryl methyl sites for hydroxylation is 1. The first-order valence-electron chi connectivity index (χ1n) is 9.28. The first-order valence-corrected chi connectivity index (χ1v) is 9.28. The van der Waals surface area contributed by atoms with E-state index in [9.17, 15) is 9.59 Å². The SMILES string of the molecule is COc1cccc(CN2CC[C@]3(CCN(C(=O)c4ccoc4C)C3)C2=O)c1. The third-order valence-corrected chi connectivity index (χ3v) is 5.84. The van der Waals surface area contributed by atoms with Gasteiger partial charge in [-0.1, -0.05) is 12.1 Å². The minimum absolute atomic E-state index is 0.0443. The van der Waals surface area contributed by atoms with Gasteiger partial charge >= 0.3 is 0 Å². The average Bonchev–Trinajstić information content (AvgIpc) is 3.38. The maximum atomic E-state index is 13.1. The van der Waals surface area contributed by atoms with Gasteiger partial charge in [-0.25, -0.2) is 0 Å². The van der Waals surface area contributed by atoms with Crippen LogP contribution in [0, 0.1) is 12.3 Å². The van der Waals surface area contributed by atoms with Crippen LogP contribution in [-0.4, -0.2) is 48.4 Å². The van der Waals surface area contributed by atoms with Crippen LogP contribution in [0.1, 0.15) is 34.5 Å². The number of hydrogen-bond donors (Lipinski definition) is 0.